The summed E-state index contributed by atoms with van der Waals surface area (Å²) in [7, 11) is 0. The SMILES string of the molecule is NC(=O)CC(NC(=O)C(Cc1ccccc1)NC(=O)C(CCCN=C(N)N)NC(=O)C(N)CC(=O)O)C(=O)O. The highest BCUT2D eigenvalue weighted by atomic mass is 16.4. The Bertz CT molecular complexity index is 1060. The van der Waals surface area contributed by atoms with Crippen LogP contribution in [0.2, 0.25) is 0 Å². The van der Waals surface area contributed by atoms with Crippen molar-refractivity contribution in [2.45, 2.75) is 56.3 Å². The van der Waals surface area contributed by atoms with Crippen molar-refractivity contribution in [2.24, 2.45) is 27.9 Å². The number of nitrogens with one attached hydrogen (secondary N) is 3. The van der Waals surface area contributed by atoms with Crippen molar-refractivity contribution in [3.8, 4) is 0 Å². The Labute approximate surface area is 223 Å². The standard InChI is InChI=1S/C23H34N8O8/c24-13(10-18(33)34)19(35)29-14(7-4-8-28-23(26)27)20(36)30-15(9-12-5-2-1-3-6-12)21(37)31-16(22(38)39)11-17(25)32/h1-3,5-6,13-16H,4,7-11,24H2,(H2,25,32)(H,29,35)(H,30,36)(H,31,37)(H,33,34)(H,38,39)(H4,26,27,28). The number of carbonyl (C=O) groups excluding carboxylic acids is 4. The molecule has 4 unspecified atom stereocenters. The first-order valence-corrected chi connectivity index (χ1v) is 11.8. The van der Waals surface area contributed by atoms with Gasteiger partial charge in [0.2, 0.25) is 23.6 Å². The molecule has 0 radical (unpaired) electrons. The summed E-state index contributed by atoms with van der Waals surface area (Å²) in [5.74, 6) is -6.67. The smallest absolute Gasteiger partial charge is 0.326 e. The number of amides is 4. The van der Waals surface area contributed by atoms with Crippen LogP contribution >= 0.6 is 0 Å². The van der Waals surface area contributed by atoms with Gasteiger partial charge >= 0.3 is 11.9 Å². The number of aliphatic carboxylic acids is 2. The number of primary amides is 1. The number of nitrogens with zero attached hydrogens (tertiary/aromatic N) is 1. The summed E-state index contributed by atoms with van der Waals surface area (Å²) in [6.45, 7) is 0.102. The zero-order valence-electron chi connectivity index (χ0n) is 21.0. The van der Waals surface area contributed by atoms with E-state index >= 15 is 0 Å². The van der Waals surface area contributed by atoms with Crippen molar-refractivity contribution in [3.05, 3.63) is 35.9 Å². The minimum atomic E-state index is -1.64. The molecule has 16 heteroatoms. The lowest BCUT2D eigenvalue weighted by molar-refractivity contribution is -0.143. The topological polar surface area (TPSA) is 295 Å². The molecular weight excluding hydrogens is 516 g/mol. The number of hydrogen-bond donors (Lipinski definition) is 9. The molecule has 0 fully saturated rings. The summed E-state index contributed by atoms with van der Waals surface area (Å²) < 4.78 is 0. The van der Waals surface area contributed by atoms with Crippen LogP contribution in [0.3, 0.4) is 0 Å². The molecule has 214 valence electrons. The van der Waals surface area contributed by atoms with Gasteiger partial charge in [-0.3, -0.25) is 29.0 Å². The number of guanidine groups is 1. The van der Waals surface area contributed by atoms with Crippen molar-refractivity contribution in [2.75, 3.05) is 6.54 Å². The predicted octanol–water partition coefficient (Wildman–Crippen LogP) is -3.50. The average Bonchev–Trinajstić information content (AvgIpc) is 2.84. The second-order valence-electron chi connectivity index (χ2n) is 8.54. The maximum Gasteiger partial charge on any atom is 0.326 e. The minimum Gasteiger partial charge on any atom is -0.481 e. The molecule has 0 aliphatic rings. The highest BCUT2D eigenvalue weighted by molar-refractivity contribution is 5.95. The molecule has 0 spiro atoms. The van der Waals surface area contributed by atoms with E-state index in [4.69, 9.17) is 28.0 Å². The molecule has 0 aromatic heterocycles. The lowest BCUT2D eigenvalue weighted by atomic mass is 10.0. The maximum atomic E-state index is 13.2. The molecule has 13 N–H and O–H groups in total. The van der Waals surface area contributed by atoms with Crippen LogP contribution in [-0.4, -0.2) is 82.5 Å². The second-order valence-corrected chi connectivity index (χ2v) is 8.54. The van der Waals surface area contributed by atoms with Crippen LogP contribution in [-0.2, 0) is 35.2 Å². The zero-order valence-corrected chi connectivity index (χ0v) is 21.0. The summed E-state index contributed by atoms with van der Waals surface area (Å²) in [4.78, 5) is 76.1. The summed E-state index contributed by atoms with van der Waals surface area (Å²) in [5.41, 5.74) is 21.9. The van der Waals surface area contributed by atoms with E-state index in [1.54, 1.807) is 30.3 Å². The molecular formula is C23H34N8O8. The molecule has 39 heavy (non-hydrogen) atoms. The first-order valence-electron chi connectivity index (χ1n) is 11.8. The third-order valence-electron chi connectivity index (χ3n) is 5.25. The Morgan fingerprint density at radius 1 is 0.795 bits per heavy atom. The number of carbonyl (C=O) groups is 6. The molecule has 4 atom stereocenters. The van der Waals surface area contributed by atoms with E-state index in [1.807, 2.05) is 0 Å². The summed E-state index contributed by atoms with van der Waals surface area (Å²) >= 11 is 0. The van der Waals surface area contributed by atoms with Gasteiger partial charge in [-0.15, -0.1) is 0 Å². The predicted molar refractivity (Wildman–Crippen MR) is 138 cm³/mol. The van der Waals surface area contributed by atoms with Gasteiger partial charge in [-0.2, -0.15) is 0 Å². The molecule has 1 aromatic carbocycles. The summed E-state index contributed by atoms with van der Waals surface area (Å²) in [6, 6.07) is 2.74. The van der Waals surface area contributed by atoms with Crippen molar-refractivity contribution >= 4 is 41.5 Å². The Morgan fingerprint density at radius 3 is 1.90 bits per heavy atom. The molecule has 0 aliphatic carbocycles. The van der Waals surface area contributed by atoms with Gasteiger partial charge in [0.1, 0.15) is 18.1 Å². The quantitative estimate of drug-likeness (QED) is 0.0520. The molecule has 16 nitrogen and oxygen atoms in total. The van der Waals surface area contributed by atoms with Crippen LogP contribution in [0.5, 0.6) is 0 Å². The van der Waals surface area contributed by atoms with E-state index in [0.29, 0.717) is 5.56 Å². The number of carboxylic acid groups (broad SMARTS) is 2. The van der Waals surface area contributed by atoms with E-state index in [1.165, 1.54) is 0 Å². The van der Waals surface area contributed by atoms with Gasteiger partial charge in [0.25, 0.3) is 0 Å². The summed E-state index contributed by atoms with van der Waals surface area (Å²) in [5, 5.41) is 25.3. The van der Waals surface area contributed by atoms with Gasteiger partial charge in [-0.1, -0.05) is 30.3 Å². The van der Waals surface area contributed by atoms with Crippen molar-refractivity contribution < 1.29 is 39.0 Å². The monoisotopic (exact) mass is 550 g/mol. The van der Waals surface area contributed by atoms with Crippen LogP contribution in [0.15, 0.2) is 35.3 Å². The number of benzene rings is 1. The number of aliphatic imine (C=N–C) groups is 1. The second kappa shape index (κ2) is 16.2. The van der Waals surface area contributed by atoms with Crippen molar-refractivity contribution in [3.63, 3.8) is 0 Å². The van der Waals surface area contributed by atoms with E-state index in [-0.39, 0.29) is 31.8 Å². The maximum absolute atomic E-state index is 13.2. The van der Waals surface area contributed by atoms with Gasteiger partial charge < -0.3 is 49.1 Å². The fourth-order valence-corrected chi connectivity index (χ4v) is 3.34. The molecule has 0 bridgehead atoms. The molecule has 0 aliphatic heterocycles. The first kappa shape index (κ1) is 32.3. The number of carboxylic acids is 2. The van der Waals surface area contributed by atoms with Gasteiger partial charge in [0.05, 0.1) is 18.9 Å². The molecule has 1 rings (SSSR count). The van der Waals surface area contributed by atoms with Crippen LogP contribution in [0.25, 0.3) is 0 Å². The fourth-order valence-electron chi connectivity index (χ4n) is 3.34. The van der Waals surface area contributed by atoms with Crippen LogP contribution < -0.4 is 38.9 Å². The van der Waals surface area contributed by atoms with Gasteiger partial charge in [-0.05, 0) is 18.4 Å². The Kier molecular flexibility index (Phi) is 13.4. The van der Waals surface area contributed by atoms with Gasteiger partial charge in [0, 0.05) is 13.0 Å². The molecule has 1 aromatic rings. The molecule has 4 amide bonds. The third kappa shape index (κ3) is 12.9. The molecule has 0 saturated carbocycles. The Morgan fingerprint density at radius 2 is 1.36 bits per heavy atom. The highest BCUT2D eigenvalue weighted by Crippen LogP contribution is 2.07. The Hall–Kier alpha value is -4.73. The summed E-state index contributed by atoms with van der Waals surface area (Å²) in [6.07, 6.45) is -1.26. The van der Waals surface area contributed by atoms with E-state index < -0.39 is 72.6 Å². The lowest BCUT2D eigenvalue weighted by Crippen LogP contribution is -2.58. The molecule has 0 heterocycles. The van der Waals surface area contributed by atoms with Crippen LogP contribution in [0.1, 0.15) is 31.2 Å². The first-order chi connectivity index (χ1) is 18.3. The van der Waals surface area contributed by atoms with Crippen LogP contribution in [0.4, 0.5) is 0 Å². The fraction of sp³-hybridized carbons (Fsp3) is 0.435. The largest absolute Gasteiger partial charge is 0.481 e. The van der Waals surface area contributed by atoms with Gasteiger partial charge in [-0.25, -0.2) is 4.79 Å². The lowest BCUT2D eigenvalue weighted by Gasteiger charge is -2.25. The van der Waals surface area contributed by atoms with Crippen molar-refractivity contribution in [1.82, 2.24) is 16.0 Å². The van der Waals surface area contributed by atoms with Crippen molar-refractivity contribution in [1.29, 1.82) is 0 Å². The zero-order chi connectivity index (χ0) is 29.5. The highest BCUT2D eigenvalue weighted by Gasteiger charge is 2.31. The minimum absolute atomic E-state index is 0.0206. The van der Waals surface area contributed by atoms with Gasteiger partial charge in [0.15, 0.2) is 5.96 Å². The third-order valence-corrected chi connectivity index (χ3v) is 5.25. The number of rotatable bonds is 17. The van der Waals surface area contributed by atoms with E-state index in [2.05, 4.69) is 20.9 Å². The number of hydrogen-bond acceptors (Lipinski definition) is 8. The van der Waals surface area contributed by atoms with E-state index in [9.17, 15) is 33.9 Å². The number of nitrogens with two attached hydrogens (primary N) is 4. The normalized spacial score (nSPS) is 13.6. The Balaban J connectivity index is 3.17. The average molecular weight is 551 g/mol. The van der Waals surface area contributed by atoms with E-state index in [0.717, 1.165) is 0 Å². The van der Waals surface area contributed by atoms with Crippen LogP contribution in [0, 0.1) is 0 Å². The molecule has 0 saturated heterocycles.